The van der Waals surface area contributed by atoms with E-state index in [0.29, 0.717) is 16.6 Å². The molecule has 1 unspecified atom stereocenters. The third kappa shape index (κ3) is 4.30. The zero-order valence-corrected chi connectivity index (χ0v) is 11.2. The molecule has 1 atom stereocenters. The highest BCUT2D eigenvalue weighted by molar-refractivity contribution is 6.42. The van der Waals surface area contributed by atoms with Gasteiger partial charge in [0.15, 0.2) is 0 Å². The van der Waals surface area contributed by atoms with Crippen LogP contribution in [0.15, 0.2) is 18.2 Å². The van der Waals surface area contributed by atoms with Crippen LogP contribution in [0.1, 0.15) is 32.4 Å². The lowest BCUT2D eigenvalue weighted by molar-refractivity contribution is 0.0770. The number of aliphatic hydroxyl groups is 1. The van der Waals surface area contributed by atoms with Gasteiger partial charge in [0.2, 0.25) is 0 Å². The number of halogens is 2. The molecule has 0 spiro atoms. The summed E-state index contributed by atoms with van der Waals surface area (Å²) in [6.07, 6.45) is 0. The summed E-state index contributed by atoms with van der Waals surface area (Å²) in [6, 6.07) is 5.67. The van der Waals surface area contributed by atoms with Crippen molar-refractivity contribution >= 4 is 23.2 Å². The molecule has 0 radical (unpaired) electrons. The topological polar surface area (TPSA) is 32.3 Å². The molecule has 2 N–H and O–H groups in total. The monoisotopic (exact) mass is 261 g/mol. The van der Waals surface area contributed by atoms with E-state index in [9.17, 15) is 5.11 Å². The third-order valence-electron chi connectivity index (χ3n) is 2.28. The Morgan fingerprint density at radius 3 is 2.44 bits per heavy atom. The molecule has 0 saturated carbocycles. The molecule has 2 nitrogen and oxygen atoms in total. The average Bonchev–Trinajstić information content (AvgIpc) is 2.17. The summed E-state index contributed by atoms with van der Waals surface area (Å²) in [5.74, 6) is 0. The Balaban J connectivity index is 2.66. The molecule has 90 valence electrons. The molecule has 16 heavy (non-hydrogen) atoms. The Morgan fingerprint density at radius 1 is 1.31 bits per heavy atom. The smallest absolute Gasteiger partial charge is 0.0715 e. The first-order valence-corrected chi connectivity index (χ1v) is 5.96. The van der Waals surface area contributed by atoms with E-state index in [1.54, 1.807) is 19.9 Å². The second-order valence-electron chi connectivity index (χ2n) is 4.59. The highest BCUT2D eigenvalue weighted by atomic mass is 35.5. The maximum Gasteiger partial charge on any atom is 0.0715 e. The fourth-order valence-corrected chi connectivity index (χ4v) is 1.61. The van der Waals surface area contributed by atoms with Crippen molar-refractivity contribution in [2.24, 2.45) is 0 Å². The van der Waals surface area contributed by atoms with Crippen LogP contribution in [0.2, 0.25) is 10.0 Å². The molecular weight excluding hydrogens is 245 g/mol. The SMILES string of the molecule is CC(NCC(C)(C)O)c1ccc(Cl)c(Cl)c1. The maximum atomic E-state index is 9.60. The highest BCUT2D eigenvalue weighted by Gasteiger charge is 2.14. The van der Waals surface area contributed by atoms with Gasteiger partial charge < -0.3 is 10.4 Å². The second kappa shape index (κ2) is 5.37. The van der Waals surface area contributed by atoms with Crippen molar-refractivity contribution in [3.63, 3.8) is 0 Å². The summed E-state index contributed by atoms with van der Waals surface area (Å²) in [4.78, 5) is 0. The van der Waals surface area contributed by atoms with Gasteiger partial charge in [-0.25, -0.2) is 0 Å². The van der Waals surface area contributed by atoms with Crippen molar-refractivity contribution in [1.82, 2.24) is 5.32 Å². The summed E-state index contributed by atoms with van der Waals surface area (Å²) in [7, 11) is 0. The normalized spacial score (nSPS) is 13.9. The lowest BCUT2D eigenvalue weighted by atomic mass is 10.1. The highest BCUT2D eigenvalue weighted by Crippen LogP contribution is 2.25. The Hall–Kier alpha value is -0.280. The van der Waals surface area contributed by atoms with E-state index in [0.717, 1.165) is 5.56 Å². The summed E-state index contributed by atoms with van der Waals surface area (Å²) in [5.41, 5.74) is 0.337. The predicted molar refractivity (Wildman–Crippen MR) is 69.2 cm³/mol. The molecule has 0 aliphatic heterocycles. The van der Waals surface area contributed by atoms with Gasteiger partial charge in [0, 0.05) is 12.6 Å². The maximum absolute atomic E-state index is 9.60. The van der Waals surface area contributed by atoms with Gasteiger partial charge in [0.1, 0.15) is 0 Å². The van der Waals surface area contributed by atoms with E-state index in [2.05, 4.69) is 5.32 Å². The lowest BCUT2D eigenvalue weighted by Gasteiger charge is -2.22. The van der Waals surface area contributed by atoms with Crippen LogP contribution in [-0.4, -0.2) is 17.3 Å². The minimum Gasteiger partial charge on any atom is -0.389 e. The molecule has 0 aliphatic rings. The molecule has 0 heterocycles. The fourth-order valence-electron chi connectivity index (χ4n) is 1.30. The molecular formula is C12H17Cl2NO. The summed E-state index contributed by atoms with van der Waals surface area (Å²) in [6.45, 7) is 6.07. The standard InChI is InChI=1S/C12H17Cl2NO/c1-8(15-7-12(2,3)16)9-4-5-10(13)11(14)6-9/h4-6,8,15-16H,7H2,1-3H3. The van der Waals surface area contributed by atoms with Crippen molar-refractivity contribution in [3.8, 4) is 0 Å². The van der Waals surface area contributed by atoms with Crippen molar-refractivity contribution in [3.05, 3.63) is 33.8 Å². The Bertz CT molecular complexity index is 361. The van der Waals surface area contributed by atoms with Gasteiger partial charge in [0.25, 0.3) is 0 Å². The molecule has 4 heteroatoms. The minimum absolute atomic E-state index is 0.126. The first-order valence-electron chi connectivity index (χ1n) is 5.20. The molecule has 1 aromatic carbocycles. The van der Waals surface area contributed by atoms with Crippen LogP contribution >= 0.6 is 23.2 Å². The molecule has 1 rings (SSSR count). The second-order valence-corrected chi connectivity index (χ2v) is 5.40. The van der Waals surface area contributed by atoms with Crippen LogP contribution in [0.25, 0.3) is 0 Å². The fraction of sp³-hybridized carbons (Fsp3) is 0.500. The third-order valence-corrected chi connectivity index (χ3v) is 3.02. The number of hydrogen-bond acceptors (Lipinski definition) is 2. The van der Waals surface area contributed by atoms with Crippen LogP contribution in [0.5, 0.6) is 0 Å². The van der Waals surface area contributed by atoms with Crippen molar-refractivity contribution < 1.29 is 5.11 Å². The van der Waals surface area contributed by atoms with Crippen LogP contribution in [0.4, 0.5) is 0 Å². The van der Waals surface area contributed by atoms with E-state index < -0.39 is 5.60 Å². The van der Waals surface area contributed by atoms with Crippen molar-refractivity contribution in [2.75, 3.05) is 6.54 Å². The van der Waals surface area contributed by atoms with Gasteiger partial charge in [-0.3, -0.25) is 0 Å². The largest absolute Gasteiger partial charge is 0.389 e. The zero-order valence-electron chi connectivity index (χ0n) is 9.72. The first-order chi connectivity index (χ1) is 7.29. The van der Waals surface area contributed by atoms with Gasteiger partial charge in [-0.05, 0) is 38.5 Å². The molecule has 0 saturated heterocycles. The lowest BCUT2D eigenvalue weighted by Crippen LogP contribution is -2.36. The first kappa shape index (κ1) is 13.8. The summed E-state index contributed by atoms with van der Waals surface area (Å²) in [5, 5.41) is 13.9. The van der Waals surface area contributed by atoms with Crippen molar-refractivity contribution in [1.29, 1.82) is 0 Å². The number of nitrogens with one attached hydrogen (secondary N) is 1. The molecule has 0 bridgehead atoms. The molecule has 0 fully saturated rings. The van der Waals surface area contributed by atoms with E-state index in [-0.39, 0.29) is 6.04 Å². The van der Waals surface area contributed by atoms with Crippen LogP contribution in [0, 0.1) is 0 Å². The van der Waals surface area contributed by atoms with E-state index in [1.165, 1.54) is 0 Å². The Labute approximate surface area is 107 Å². The Kier molecular flexibility index (Phi) is 4.62. The van der Waals surface area contributed by atoms with E-state index in [1.807, 2.05) is 19.1 Å². The molecule has 0 amide bonds. The summed E-state index contributed by atoms with van der Waals surface area (Å²) >= 11 is 11.8. The minimum atomic E-state index is -0.718. The number of hydrogen-bond donors (Lipinski definition) is 2. The molecule has 0 aliphatic carbocycles. The Morgan fingerprint density at radius 2 is 1.94 bits per heavy atom. The van der Waals surface area contributed by atoms with Crippen molar-refractivity contribution in [2.45, 2.75) is 32.4 Å². The van der Waals surface area contributed by atoms with Gasteiger partial charge >= 0.3 is 0 Å². The van der Waals surface area contributed by atoms with Gasteiger partial charge in [-0.15, -0.1) is 0 Å². The summed E-state index contributed by atoms with van der Waals surface area (Å²) < 4.78 is 0. The van der Waals surface area contributed by atoms with Crippen LogP contribution in [0.3, 0.4) is 0 Å². The molecule has 1 aromatic rings. The zero-order chi connectivity index (χ0) is 12.3. The van der Waals surface area contributed by atoms with Gasteiger partial charge in [-0.1, -0.05) is 29.3 Å². The van der Waals surface area contributed by atoms with Crippen LogP contribution in [-0.2, 0) is 0 Å². The van der Waals surface area contributed by atoms with Gasteiger partial charge in [0.05, 0.1) is 15.6 Å². The molecule has 0 aromatic heterocycles. The average molecular weight is 262 g/mol. The predicted octanol–water partition coefficient (Wildman–Crippen LogP) is 3.41. The van der Waals surface area contributed by atoms with E-state index >= 15 is 0 Å². The number of rotatable bonds is 4. The quantitative estimate of drug-likeness (QED) is 0.871. The van der Waals surface area contributed by atoms with E-state index in [4.69, 9.17) is 23.2 Å². The van der Waals surface area contributed by atoms with Crippen LogP contribution < -0.4 is 5.32 Å². The van der Waals surface area contributed by atoms with Gasteiger partial charge in [-0.2, -0.15) is 0 Å². The number of benzene rings is 1.